The molecule has 5 aromatic rings. The fraction of sp³-hybridized carbons (Fsp3) is 0.306. The van der Waals surface area contributed by atoms with Gasteiger partial charge in [-0.2, -0.15) is 5.10 Å². The molecule has 2 aliphatic heterocycles. The Hall–Kier alpha value is -5.13. The van der Waals surface area contributed by atoms with Crippen molar-refractivity contribution in [3.8, 4) is 0 Å². The van der Waals surface area contributed by atoms with Gasteiger partial charge in [0, 0.05) is 54.9 Å². The predicted octanol–water partition coefficient (Wildman–Crippen LogP) is 5.38. The highest BCUT2D eigenvalue weighted by Gasteiger charge is 2.43. The Kier molecular flexibility index (Phi) is 7.94. The van der Waals surface area contributed by atoms with Crippen LogP contribution in [0.1, 0.15) is 38.4 Å². The molecule has 0 unspecified atom stereocenters. The van der Waals surface area contributed by atoms with Crippen LogP contribution < -0.4 is 4.90 Å². The van der Waals surface area contributed by atoms with E-state index in [1.807, 2.05) is 35.0 Å². The van der Waals surface area contributed by atoms with Crippen molar-refractivity contribution < 1.29 is 23.9 Å². The maximum Gasteiger partial charge on any atom is 0.419 e. The van der Waals surface area contributed by atoms with Crippen molar-refractivity contribution in [2.24, 2.45) is 0 Å². The second-order valence-corrected chi connectivity index (χ2v) is 12.7. The highest BCUT2D eigenvalue weighted by molar-refractivity contribution is 6.58. The van der Waals surface area contributed by atoms with Crippen molar-refractivity contribution in [1.29, 1.82) is 0 Å². The fourth-order valence-corrected chi connectivity index (χ4v) is 6.27. The second-order valence-electron chi connectivity index (χ2n) is 12.7. The molecule has 0 bridgehead atoms. The van der Waals surface area contributed by atoms with E-state index >= 15 is 0 Å². The summed E-state index contributed by atoms with van der Waals surface area (Å²) in [6.45, 7) is 10.1. The maximum atomic E-state index is 14.5. The van der Waals surface area contributed by atoms with Crippen LogP contribution in [0.4, 0.5) is 10.5 Å². The van der Waals surface area contributed by atoms with Crippen LogP contribution >= 0.6 is 0 Å². The van der Waals surface area contributed by atoms with E-state index in [9.17, 15) is 14.4 Å². The minimum absolute atomic E-state index is 0.163. The van der Waals surface area contributed by atoms with E-state index in [4.69, 9.17) is 14.6 Å². The third-order valence-corrected chi connectivity index (χ3v) is 8.36. The number of carbonyl (C=O) groups is 3. The van der Waals surface area contributed by atoms with Crippen molar-refractivity contribution in [3.05, 3.63) is 90.4 Å². The molecule has 2 aromatic carbocycles. The molecular formula is C36H36N6O5. The lowest BCUT2D eigenvalue weighted by Crippen LogP contribution is -2.37. The van der Waals surface area contributed by atoms with Gasteiger partial charge in [0.15, 0.2) is 5.65 Å². The number of aromatic nitrogens is 4. The summed E-state index contributed by atoms with van der Waals surface area (Å²) < 4.78 is 14.4. The molecule has 0 aliphatic carbocycles. The molecule has 47 heavy (non-hydrogen) atoms. The summed E-state index contributed by atoms with van der Waals surface area (Å²) in [5.74, 6) is -0.990. The van der Waals surface area contributed by atoms with Crippen LogP contribution in [-0.2, 0) is 25.6 Å². The first-order valence-corrected chi connectivity index (χ1v) is 15.9. The predicted molar refractivity (Wildman–Crippen MR) is 179 cm³/mol. The molecule has 1 fully saturated rings. The third kappa shape index (κ3) is 5.72. The molecule has 0 N–H and O–H groups in total. The van der Waals surface area contributed by atoms with Gasteiger partial charge in [0.05, 0.1) is 35.6 Å². The summed E-state index contributed by atoms with van der Waals surface area (Å²) in [7, 11) is 0. The number of amides is 2. The molecule has 0 spiro atoms. The molecule has 2 aliphatic rings. The number of benzene rings is 2. The van der Waals surface area contributed by atoms with Gasteiger partial charge in [-0.05, 0) is 57.5 Å². The molecule has 240 valence electrons. The van der Waals surface area contributed by atoms with E-state index in [-0.39, 0.29) is 11.1 Å². The van der Waals surface area contributed by atoms with Crippen LogP contribution in [0.15, 0.2) is 79.1 Å². The maximum absolute atomic E-state index is 14.5. The lowest BCUT2D eigenvalue weighted by molar-refractivity contribution is -0.119. The van der Waals surface area contributed by atoms with Crippen LogP contribution in [0.3, 0.4) is 0 Å². The lowest BCUT2D eigenvalue weighted by Gasteiger charge is -2.26. The SMILES string of the molecule is CC(C)(C)OC(=O)n1cc(C2=C(c3nn(CCCN4CCOCC4)c4ncccc34)C(=O)N(c3ccccc3)C2=O)c2ccccc21. The molecule has 3 aromatic heterocycles. The van der Waals surface area contributed by atoms with Gasteiger partial charge in [0.1, 0.15) is 11.3 Å². The Morgan fingerprint density at radius 2 is 1.57 bits per heavy atom. The molecular weight excluding hydrogens is 596 g/mol. The summed E-state index contributed by atoms with van der Waals surface area (Å²) in [5, 5.41) is 6.27. The Balaban J connectivity index is 1.39. The largest absolute Gasteiger partial charge is 0.443 e. The Morgan fingerprint density at radius 1 is 0.872 bits per heavy atom. The molecule has 0 atom stereocenters. The number of fused-ring (bicyclic) bond motifs is 2. The number of imide groups is 1. The molecule has 0 saturated carbocycles. The summed E-state index contributed by atoms with van der Waals surface area (Å²) in [6.07, 6.45) is 3.53. The highest BCUT2D eigenvalue weighted by atomic mass is 16.6. The molecule has 11 heteroatoms. The Bertz CT molecular complexity index is 2030. The zero-order chi connectivity index (χ0) is 32.7. The first kappa shape index (κ1) is 30.5. The number of anilines is 1. The van der Waals surface area contributed by atoms with Crippen molar-refractivity contribution in [3.63, 3.8) is 0 Å². The van der Waals surface area contributed by atoms with Crippen LogP contribution in [0, 0.1) is 0 Å². The van der Waals surface area contributed by atoms with Gasteiger partial charge in [-0.3, -0.25) is 19.1 Å². The van der Waals surface area contributed by atoms with Crippen molar-refractivity contribution >= 4 is 56.7 Å². The highest BCUT2D eigenvalue weighted by Crippen LogP contribution is 2.42. The van der Waals surface area contributed by atoms with E-state index < -0.39 is 23.5 Å². The number of pyridine rings is 1. The minimum Gasteiger partial charge on any atom is -0.443 e. The lowest BCUT2D eigenvalue weighted by atomic mass is 9.98. The van der Waals surface area contributed by atoms with Crippen LogP contribution in [-0.4, -0.2) is 80.6 Å². The van der Waals surface area contributed by atoms with Crippen molar-refractivity contribution in [1.82, 2.24) is 24.2 Å². The number of rotatable bonds is 7. The van der Waals surface area contributed by atoms with Gasteiger partial charge in [0.25, 0.3) is 11.8 Å². The molecule has 5 heterocycles. The van der Waals surface area contributed by atoms with Crippen LogP contribution in [0.25, 0.3) is 33.1 Å². The van der Waals surface area contributed by atoms with Crippen molar-refractivity contribution in [2.45, 2.75) is 39.3 Å². The average molecular weight is 633 g/mol. The summed E-state index contributed by atoms with van der Waals surface area (Å²) in [6, 6.07) is 19.8. The number of para-hydroxylation sites is 2. The quantitative estimate of drug-likeness (QED) is 0.220. The first-order valence-electron chi connectivity index (χ1n) is 15.9. The van der Waals surface area contributed by atoms with E-state index in [0.29, 0.717) is 45.4 Å². The number of nitrogens with zero attached hydrogens (tertiary/aromatic N) is 6. The van der Waals surface area contributed by atoms with Crippen molar-refractivity contribution in [2.75, 3.05) is 37.7 Å². The summed E-state index contributed by atoms with van der Waals surface area (Å²) >= 11 is 0. The van der Waals surface area contributed by atoms with Crippen LogP contribution in [0.5, 0.6) is 0 Å². The number of hydrogen-bond acceptors (Lipinski definition) is 8. The number of ether oxygens (including phenoxy) is 2. The van der Waals surface area contributed by atoms with Gasteiger partial charge in [-0.1, -0.05) is 36.4 Å². The fourth-order valence-electron chi connectivity index (χ4n) is 6.27. The minimum atomic E-state index is -0.739. The first-order chi connectivity index (χ1) is 22.7. The van der Waals surface area contributed by atoms with E-state index in [0.717, 1.165) is 39.3 Å². The zero-order valence-corrected chi connectivity index (χ0v) is 26.7. The number of morpholine rings is 1. The summed E-state index contributed by atoms with van der Waals surface area (Å²) in [5.41, 5.74) is 2.04. The van der Waals surface area contributed by atoms with Gasteiger partial charge >= 0.3 is 6.09 Å². The van der Waals surface area contributed by atoms with Gasteiger partial charge in [-0.25, -0.2) is 19.4 Å². The smallest absolute Gasteiger partial charge is 0.419 e. The number of aryl methyl sites for hydroxylation is 1. The number of carbonyl (C=O) groups excluding carboxylic acids is 3. The number of hydrogen-bond donors (Lipinski definition) is 0. The van der Waals surface area contributed by atoms with Crippen LogP contribution in [0.2, 0.25) is 0 Å². The van der Waals surface area contributed by atoms with E-state index in [1.54, 1.807) is 69.6 Å². The standard InChI is InChI=1S/C36H36N6O5/c1-36(2,3)47-35(45)40-23-27(25-13-7-8-15-28(25)40)29-30(34(44)42(33(29)43)24-11-5-4-6-12-24)31-26-14-9-16-37-32(26)41(38-31)18-10-17-39-19-21-46-22-20-39/h4-9,11-16,23H,10,17-22H2,1-3H3. The summed E-state index contributed by atoms with van der Waals surface area (Å²) in [4.78, 5) is 50.6. The normalized spacial score (nSPS) is 16.2. The Morgan fingerprint density at radius 3 is 2.34 bits per heavy atom. The molecule has 1 saturated heterocycles. The second kappa shape index (κ2) is 12.2. The van der Waals surface area contributed by atoms with Gasteiger partial charge in [0.2, 0.25) is 0 Å². The zero-order valence-electron chi connectivity index (χ0n) is 26.7. The van der Waals surface area contributed by atoms with Gasteiger partial charge in [-0.15, -0.1) is 0 Å². The molecule has 0 radical (unpaired) electrons. The van der Waals surface area contributed by atoms with E-state index in [2.05, 4.69) is 9.88 Å². The van der Waals surface area contributed by atoms with E-state index in [1.165, 1.54) is 9.47 Å². The van der Waals surface area contributed by atoms with Gasteiger partial charge < -0.3 is 9.47 Å². The molecule has 2 amide bonds. The monoisotopic (exact) mass is 632 g/mol. The molecule has 11 nitrogen and oxygen atoms in total. The third-order valence-electron chi connectivity index (χ3n) is 8.36. The Labute approximate surface area is 272 Å². The topological polar surface area (TPSA) is 112 Å². The average Bonchev–Trinajstić information content (AvgIpc) is 3.70. The molecule has 7 rings (SSSR count).